The zero-order valence-electron chi connectivity index (χ0n) is 25.0. The van der Waals surface area contributed by atoms with E-state index in [0.29, 0.717) is 24.1 Å². The molecular formula is C34H44N4O4. The molecule has 224 valence electrons. The maximum absolute atomic E-state index is 14.1. The van der Waals surface area contributed by atoms with E-state index in [2.05, 4.69) is 44.3 Å². The summed E-state index contributed by atoms with van der Waals surface area (Å²) < 4.78 is 17.5. The minimum atomic E-state index is 0.00825. The number of hydrogen-bond acceptors (Lipinski definition) is 7. The average Bonchev–Trinajstić information content (AvgIpc) is 3.72. The number of rotatable bonds is 8. The molecule has 4 saturated carbocycles. The largest absolute Gasteiger partial charge is 0.440 e. The summed E-state index contributed by atoms with van der Waals surface area (Å²) in [5.41, 5.74) is 2.08. The van der Waals surface area contributed by atoms with Gasteiger partial charge in [-0.25, -0.2) is 4.98 Å². The summed E-state index contributed by atoms with van der Waals surface area (Å²) in [7, 11) is 0. The van der Waals surface area contributed by atoms with Gasteiger partial charge >= 0.3 is 0 Å². The first kappa shape index (κ1) is 27.8. The van der Waals surface area contributed by atoms with Crippen LogP contribution in [0, 0.1) is 18.3 Å². The molecule has 0 unspecified atom stereocenters. The molecule has 0 atom stereocenters. The van der Waals surface area contributed by atoms with Crippen LogP contribution in [-0.4, -0.2) is 40.8 Å². The normalized spacial score (nSPS) is 26.9. The molecule has 8 heteroatoms. The zero-order valence-corrected chi connectivity index (χ0v) is 25.0. The van der Waals surface area contributed by atoms with Gasteiger partial charge in [0.05, 0.1) is 6.20 Å². The summed E-state index contributed by atoms with van der Waals surface area (Å²) >= 11 is 0. The highest BCUT2D eigenvalue weighted by atomic mass is 16.5. The molecule has 5 aliphatic rings. The van der Waals surface area contributed by atoms with E-state index in [4.69, 9.17) is 13.7 Å². The van der Waals surface area contributed by atoms with Gasteiger partial charge < -0.3 is 18.6 Å². The summed E-state index contributed by atoms with van der Waals surface area (Å²) in [5.74, 6) is 4.18. The van der Waals surface area contributed by atoms with Crippen LogP contribution in [0.3, 0.4) is 0 Å². The molecule has 2 aromatic heterocycles. The number of ether oxygens (including phenoxy) is 1. The van der Waals surface area contributed by atoms with Crippen LogP contribution in [0.1, 0.15) is 113 Å². The van der Waals surface area contributed by atoms with Crippen LogP contribution in [0.25, 0.3) is 11.3 Å². The number of amides is 1. The third kappa shape index (κ3) is 5.54. The highest BCUT2D eigenvalue weighted by molar-refractivity contribution is 5.94. The molecule has 2 bridgehead atoms. The van der Waals surface area contributed by atoms with Gasteiger partial charge in [-0.1, -0.05) is 36.6 Å². The third-order valence-corrected chi connectivity index (χ3v) is 10.9. The van der Waals surface area contributed by atoms with Gasteiger partial charge in [0, 0.05) is 48.8 Å². The molecule has 1 aliphatic heterocycles. The number of aryl methyl sites for hydroxylation is 1. The lowest BCUT2D eigenvalue weighted by molar-refractivity contribution is -0.120. The van der Waals surface area contributed by atoms with Gasteiger partial charge in [-0.2, -0.15) is 4.98 Å². The smallest absolute Gasteiger partial charge is 0.232 e. The minimum absolute atomic E-state index is 0.00825. The van der Waals surface area contributed by atoms with Crippen molar-refractivity contribution in [2.45, 2.75) is 108 Å². The van der Waals surface area contributed by atoms with E-state index >= 15 is 0 Å². The van der Waals surface area contributed by atoms with Crippen molar-refractivity contribution in [2.24, 2.45) is 11.3 Å². The number of oxazole rings is 1. The number of nitrogens with zero attached hydrogens (tertiary/aromatic N) is 4. The molecule has 1 amide bonds. The lowest BCUT2D eigenvalue weighted by Crippen LogP contribution is -2.51. The fraction of sp³-hybridized carbons (Fsp3) is 0.647. The third-order valence-electron chi connectivity index (χ3n) is 10.9. The van der Waals surface area contributed by atoms with Crippen molar-refractivity contribution in [3.05, 3.63) is 48.1 Å². The van der Waals surface area contributed by atoms with Crippen LogP contribution < -0.4 is 4.90 Å². The number of aromatic nitrogens is 3. The fourth-order valence-corrected chi connectivity index (χ4v) is 8.12. The van der Waals surface area contributed by atoms with E-state index in [1.54, 1.807) is 0 Å². The van der Waals surface area contributed by atoms with E-state index in [0.717, 1.165) is 99.9 Å². The molecule has 5 fully saturated rings. The van der Waals surface area contributed by atoms with Gasteiger partial charge in [-0.15, -0.1) is 0 Å². The molecule has 8 rings (SSSR count). The lowest BCUT2D eigenvalue weighted by Gasteiger charge is -2.53. The van der Waals surface area contributed by atoms with Crippen molar-refractivity contribution in [1.29, 1.82) is 0 Å². The second kappa shape index (κ2) is 11.6. The first-order valence-corrected chi connectivity index (χ1v) is 16.3. The quantitative estimate of drug-likeness (QED) is 0.275. The van der Waals surface area contributed by atoms with Crippen molar-refractivity contribution >= 4 is 11.6 Å². The Bertz CT molecular complexity index is 1360. The van der Waals surface area contributed by atoms with E-state index in [1.807, 2.05) is 13.1 Å². The Hall–Kier alpha value is -3.00. The Kier molecular flexibility index (Phi) is 7.67. The number of hydrogen-bond donors (Lipinski definition) is 0. The highest BCUT2D eigenvalue weighted by Gasteiger charge is 2.53. The zero-order chi connectivity index (χ0) is 28.6. The summed E-state index contributed by atoms with van der Waals surface area (Å²) in [6.07, 6.45) is 16.9. The summed E-state index contributed by atoms with van der Waals surface area (Å²) in [6.45, 7) is 4.18. The minimum Gasteiger partial charge on any atom is -0.440 e. The predicted molar refractivity (Wildman–Crippen MR) is 159 cm³/mol. The molecule has 0 N–H and O–H groups in total. The van der Waals surface area contributed by atoms with Gasteiger partial charge in [0.2, 0.25) is 11.8 Å². The number of carbonyl (C=O) groups is 1. The summed E-state index contributed by atoms with van der Waals surface area (Å²) in [5, 5.41) is 4.09. The second-order valence-electron chi connectivity index (χ2n) is 13.6. The Balaban J connectivity index is 1.13. The predicted octanol–water partition coefficient (Wildman–Crippen LogP) is 7.52. The van der Waals surface area contributed by atoms with E-state index < -0.39 is 0 Å². The number of anilines is 1. The van der Waals surface area contributed by atoms with E-state index in [1.165, 1.54) is 32.1 Å². The molecule has 8 nitrogen and oxygen atoms in total. The van der Waals surface area contributed by atoms with Crippen LogP contribution in [0.15, 0.2) is 39.4 Å². The SMILES string of the molecule is Cc1noc(C23CCC(CN(C(=O)CC4CCCCC4)c4cccc(-c5cnc(C6CCOCC6)o5)c4)(CC2)CC3)n1. The Morgan fingerprint density at radius 1 is 1.00 bits per heavy atom. The average molecular weight is 573 g/mol. The molecular weight excluding hydrogens is 528 g/mol. The van der Waals surface area contributed by atoms with Gasteiger partial charge in [-0.05, 0) is 94.6 Å². The van der Waals surface area contributed by atoms with Gasteiger partial charge in [0.1, 0.15) is 0 Å². The molecule has 4 aliphatic carbocycles. The highest BCUT2D eigenvalue weighted by Crippen LogP contribution is 2.58. The first-order chi connectivity index (χ1) is 20.5. The van der Waals surface area contributed by atoms with Gasteiger partial charge in [0.15, 0.2) is 17.5 Å². The standard InChI is InChI=1S/C34H44N4O4/c1-24-36-32(42-37-24)34-15-12-33(13-16-34,14-17-34)23-38(30(39)20-25-6-3-2-4-7-25)28-9-5-8-27(21-28)29-22-35-31(41-29)26-10-18-40-19-11-26/h5,8-9,21-22,25-26H,2-4,6-7,10-20,23H2,1H3. The van der Waals surface area contributed by atoms with Crippen LogP contribution in [0.2, 0.25) is 0 Å². The van der Waals surface area contributed by atoms with E-state index in [9.17, 15) is 4.79 Å². The Labute approximate surface area is 248 Å². The van der Waals surface area contributed by atoms with Crippen LogP contribution in [-0.2, 0) is 14.9 Å². The molecule has 3 aromatic rings. The Morgan fingerprint density at radius 3 is 2.48 bits per heavy atom. The topological polar surface area (TPSA) is 94.5 Å². The molecule has 3 heterocycles. The number of benzene rings is 1. The molecule has 0 radical (unpaired) electrons. The van der Waals surface area contributed by atoms with Crippen molar-refractivity contribution < 1.29 is 18.5 Å². The number of carbonyl (C=O) groups excluding carboxylic acids is 1. The van der Waals surface area contributed by atoms with Crippen LogP contribution >= 0.6 is 0 Å². The fourth-order valence-electron chi connectivity index (χ4n) is 8.12. The van der Waals surface area contributed by atoms with Crippen LogP contribution in [0.5, 0.6) is 0 Å². The van der Waals surface area contributed by atoms with Gasteiger partial charge in [0.25, 0.3) is 0 Å². The molecule has 0 spiro atoms. The molecule has 1 saturated heterocycles. The Morgan fingerprint density at radius 2 is 1.76 bits per heavy atom. The maximum Gasteiger partial charge on any atom is 0.232 e. The number of fused-ring (bicyclic) bond motifs is 3. The van der Waals surface area contributed by atoms with Crippen molar-refractivity contribution in [3.63, 3.8) is 0 Å². The van der Waals surface area contributed by atoms with Crippen molar-refractivity contribution in [3.8, 4) is 11.3 Å². The maximum atomic E-state index is 14.1. The van der Waals surface area contributed by atoms with Gasteiger partial charge in [-0.3, -0.25) is 4.79 Å². The van der Waals surface area contributed by atoms with Crippen molar-refractivity contribution in [2.75, 3.05) is 24.7 Å². The molecule has 1 aromatic carbocycles. The van der Waals surface area contributed by atoms with Crippen molar-refractivity contribution in [1.82, 2.24) is 15.1 Å². The van der Waals surface area contributed by atoms with Crippen LogP contribution in [0.4, 0.5) is 5.69 Å². The second-order valence-corrected chi connectivity index (χ2v) is 13.6. The lowest BCUT2D eigenvalue weighted by atomic mass is 9.53. The molecule has 42 heavy (non-hydrogen) atoms. The summed E-state index contributed by atoms with van der Waals surface area (Å²) in [4.78, 5) is 25.5. The van der Waals surface area contributed by atoms with E-state index in [-0.39, 0.29) is 16.7 Å². The monoisotopic (exact) mass is 572 g/mol. The first-order valence-electron chi connectivity index (χ1n) is 16.3. The summed E-state index contributed by atoms with van der Waals surface area (Å²) in [6, 6.07) is 8.37.